The maximum atomic E-state index is 11.6. The van der Waals surface area contributed by atoms with Gasteiger partial charge in [0.05, 0.1) is 0 Å². The van der Waals surface area contributed by atoms with Crippen molar-refractivity contribution in [1.82, 2.24) is 9.80 Å². The summed E-state index contributed by atoms with van der Waals surface area (Å²) in [5.74, 6) is -0.174. The smallest absolute Gasteiger partial charge is 0.251 e. The van der Waals surface area contributed by atoms with Crippen molar-refractivity contribution in [2.24, 2.45) is 0 Å². The van der Waals surface area contributed by atoms with Crippen LogP contribution in [0.15, 0.2) is 24.3 Å². The number of amides is 1. The third-order valence-corrected chi connectivity index (χ3v) is 3.43. The molecule has 1 aliphatic rings. The molecule has 1 fully saturated rings. The summed E-state index contributed by atoms with van der Waals surface area (Å²) in [4.78, 5) is 15.7. The lowest BCUT2D eigenvalue weighted by Crippen LogP contribution is -2.50. The van der Waals surface area contributed by atoms with Crippen LogP contribution in [0.1, 0.15) is 12.5 Å². The fourth-order valence-electron chi connectivity index (χ4n) is 2.27. The number of aliphatic hydroxyl groups excluding tert-OH is 1. The molecule has 5 heteroatoms. The summed E-state index contributed by atoms with van der Waals surface area (Å²) in [6.45, 7) is 5.42. The van der Waals surface area contributed by atoms with E-state index in [0.717, 1.165) is 25.3 Å². The van der Waals surface area contributed by atoms with Gasteiger partial charge in [0.25, 0.3) is 5.91 Å². The number of aliphatic hydroxyl groups is 1. The molecule has 0 aromatic heterocycles. The van der Waals surface area contributed by atoms with E-state index in [2.05, 4.69) is 4.90 Å². The van der Waals surface area contributed by atoms with Crippen LogP contribution in [-0.4, -0.2) is 53.1 Å². The molecular formula is C14H21N3O2. The zero-order valence-corrected chi connectivity index (χ0v) is 11.2. The molecule has 1 atom stereocenters. The van der Waals surface area contributed by atoms with Gasteiger partial charge in [-0.3, -0.25) is 9.69 Å². The lowest BCUT2D eigenvalue weighted by Gasteiger charge is -2.35. The lowest BCUT2D eigenvalue weighted by atomic mass is 10.2. The minimum absolute atomic E-state index is 0.174. The van der Waals surface area contributed by atoms with Gasteiger partial charge in [-0.15, -0.1) is 0 Å². The van der Waals surface area contributed by atoms with Gasteiger partial charge in [0, 0.05) is 38.4 Å². The molecule has 0 radical (unpaired) electrons. The molecular weight excluding hydrogens is 242 g/mol. The molecule has 5 nitrogen and oxygen atoms in total. The van der Waals surface area contributed by atoms with Crippen molar-refractivity contribution < 1.29 is 9.90 Å². The average molecular weight is 263 g/mol. The van der Waals surface area contributed by atoms with Crippen LogP contribution >= 0.6 is 0 Å². The van der Waals surface area contributed by atoms with Crippen molar-refractivity contribution >= 4 is 11.6 Å². The molecule has 0 bridgehead atoms. The largest absolute Gasteiger partial charge is 0.399 e. The van der Waals surface area contributed by atoms with Gasteiger partial charge >= 0.3 is 0 Å². The Morgan fingerprint density at radius 3 is 2.37 bits per heavy atom. The predicted molar refractivity (Wildman–Crippen MR) is 74.4 cm³/mol. The minimum atomic E-state index is -0.899. The zero-order valence-electron chi connectivity index (χ0n) is 11.2. The van der Waals surface area contributed by atoms with Gasteiger partial charge in [-0.25, -0.2) is 0 Å². The van der Waals surface area contributed by atoms with Crippen LogP contribution in [0.25, 0.3) is 0 Å². The summed E-state index contributed by atoms with van der Waals surface area (Å²) in [5, 5.41) is 9.28. The van der Waals surface area contributed by atoms with E-state index in [4.69, 9.17) is 5.73 Å². The molecule has 1 aliphatic heterocycles. The van der Waals surface area contributed by atoms with Crippen molar-refractivity contribution in [3.63, 3.8) is 0 Å². The topological polar surface area (TPSA) is 69.8 Å². The Balaban J connectivity index is 1.83. The highest BCUT2D eigenvalue weighted by Gasteiger charge is 2.23. The molecule has 2 rings (SSSR count). The van der Waals surface area contributed by atoms with E-state index < -0.39 is 6.10 Å². The summed E-state index contributed by atoms with van der Waals surface area (Å²) < 4.78 is 0. The summed E-state index contributed by atoms with van der Waals surface area (Å²) in [6.07, 6.45) is -0.899. The van der Waals surface area contributed by atoms with Crippen LogP contribution in [0, 0.1) is 0 Å². The number of rotatable bonds is 3. The van der Waals surface area contributed by atoms with Crippen molar-refractivity contribution in [3.05, 3.63) is 29.8 Å². The second kappa shape index (κ2) is 6.04. The quantitative estimate of drug-likeness (QED) is 0.769. The van der Waals surface area contributed by atoms with Gasteiger partial charge in [-0.1, -0.05) is 12.1 Å². The summed E-state index contributed by atoms with van der Waals surface area (Å²) >= 11 is 0. The maximum absolute atomic E-state index is 11.6. The van der Waals surface area contributed by atoms with Crippen LogP contribution < -0.4 is 5.73 Å². The van der Waals surface area contributed by atoms with Crippen molar-refractivity contribution in [1.29, 1.82) is 0 Å². The second-order valence-corrected chi connectivity index (χ2v) is 5.02. The monoisotopic (exact) mass is 263 g/mol. The summed E-state index contributed by atoms with van der Waals surface area (Å²) in [7, 11) is 0. The Hall–Kier alpha value is -1.59. The first-order valence-corrected chi connectivity index (χ1v) is 6.60. The van der Waals surface area contributed by atoms with Crippen LogP contribution in [0.5, 0.6) is 0 Å². The van der Waals surface area contributed by atoms with Crippen molar-refractivity contribution in [3.8, 4) is 0 Å². The molecule has 1 aromatic carbocycles. The molecule has 1 aromatic rings. The van der Waals surface area contributed by atoms with E-state index >= 15 is 0 Å². The summed E-state index contributed by atoms with van der Waals surface area (Å²) in [6, 6.07) is 7.87. The number of nitrogen functional groups attached to an aromatic ring is 1. The molecule has 19 heavy (non-hydrogen) atoms. The number of benzene rings is 1. The molecule has 0 aliphatic carbocycles. The first-order chi connectivity index (χ1) is 9.06. The van der Waals surface area contributed by atoms with E-state index in [9.17, 15) is 9.90 Å². The molecule has 3 N–H and O–H groups in total. The zero-order chi connectivity index (χ0) is 13.8. The number of nitrogens with two attached hydrogens (primary N) is 1. The predicted octanol–water partition coefficient (Wildman–Crippen LogP) is 0.294. The highest BCUT2D eigenvalue weighted by molar-refractivity contribution is 5.80. The lowest BCUT2D eigenvalue weighted by molar-refractivity contribution is -0.141. The maximum Gasteiger partial charge on any atom is 0.251 e. The molecule has 1 heterocycles. The molecule has 0 saturated carbocycles. The number of hydrogen-bond donors (Lipinski definition) is 2. The number of piperazine rings is 1. The minimum Gasteiger partial charge on any atom is -0.399 e. The van der Waals surface area contributed by atoms with E-state index in [1.807, 2.05) is 24.3 Å². The Labute approximate surface area is 113 Å². The molecule has 1 saturated heterocycles. The molecule has 104 valence electrons. The Morgan fingerprint density at radius 2 is 1.84 bits per heavy atom. The van der Waals surface area contributed by atoms with Crippen LogP contribution in [0.3, 0.4) is 0 Å². The fraction of sp³-hybridized carbons (Fsp3) is 0.500. The van der Waals surface area contributed by atoms with E-state index in [-0.39, 0.29) is 5.91 Å². The SMILES string of the molecule is CC(O)C(=O)N1CCN(Cc2ccc(N)cc2)CC1. The van der Waals surface area contributed by atoms with Gasteiger partial charge in [0.15, 0.2) is 0 Å². The van der Waals surface area contributed by atoms with Crippen molar-refractivity contribution in [2.45, 2.75) is 19.6 Å². The van der Waals surface area contributed by atoms with E-state index in [0.29, 0.717) is 13.1 Å². The first-order valence-electron chi connectivity index (χ1n) is 6.60. The number of carbonyl (C=O) groups is 1. The van der Waals surface area contributed by atoms with Gasteiger partial charge in [-0.2, -0.15) is 0 Å². The van der Waals surface area contributed by atoms with Gasteiger partial charge in [0.2, 0.25) is 0 Å². The Kier molecular flexibility index (Phi) is 4.39. The fourth-order valence-corrected chi connectivity index (χ4v) is 2.27. The third-order valence-electron chi connectivity index (χ3n) is 3.43. The Bertz CT molecular complexity index is 423. The van der Waals surface area contributed by atoms with Gasteiger partial charge in [0.1, 0.15) is 6.10 Å². The van der Waals surface area contributed by atoms with E-state index in [1.165, 1.54) is 12.5 Å². The standard InChI is InChI=1S/C14H21N3O2/c1-11(18)14(19)17-8-6-16(7-9-17)10-12-2-4-13(15)5-3-12/h2-5,11,18H,6-10,15H2,1H3. The molecule has 1 unspecified atom stereocenters. The number of carbonyl (C=O) groups excluding carboxylic acids is 1. The number of hydrogen-bond acceptors (Lipinski definition) is 4. The van der Waals surface area contributed by atoms with Crippen LogP contribution in [0.2, 0.25) is 0 Å². The van der Waals surface area contributed by atoms with Gasteiger partial charge in [-0.05, 0) is 24.6 Å². The van der Waals surface area contributed by atoms with Crippen LogP contribution in [0.4, 0.5) is 5.69 Å². The molecule has 0 spiro atoms. The highest BCUT2D eigenvalue weighted by Crippen LogP contribution is 2.11. The van der Waals surface area contributed by atoms with E-state index in [1.54, 1.807) is 4.90 Å². The van der Waals surface area contributed by atoms with Gasteiger partial charge < -0.3 is 15.7 Å². The van der Waals surface area contributed by atoms with Crippen LogP contribution in [-0.2, 0) is 11.3 Å². The summed E-state index contributed by atoms with van der Waals surface area (Å²) in [5.41, 5.74) is 7.66. The highest BCUT2D eigenvalue weighted by atomic mass is 16.3. The number of nitrogens with zero attached hydrogens (tertiary/aromatic N) is 2. The first kappa shape index (κ1) is 13.8. The average Bonchev–Trinajstić information content (AvgIpc) is 2.41. The second-order valence-electron chi connectivity index (χ2n) is 5.02. The van der Waals surface area contributed by atoms with Crippen molar-refractivity contribution in [2.75, 3.05) is 31.9 Å². The number of anilines is 1. The normalized spacial score (nSPS) is 18.3. The Morgan fingerprint density at radius 1 is 1.26 bits per heavy atom. The molecule has 1 amide bonds. The third kappa shape index (κ3) is 3.68.